The van der Waals surface area contributed by atoms with Crippen molar-refractivity contribution in [1.29, 1.82) is 0 Å². The van der Waals surface area contributed by atoms with E-state index in [0.29, 0.717) is 18.9 Å². The first-order valence-corrected chi connectivity index (χ1v) is 7.89. The molecular formula is C17H26N2O2. The molecule has 1 fully saturated rings. The Hall–Kier alpha value is -1.55. The summed E-state index contributed by atoms with van der Waals surface area (Å²) in [6.45, 7) is 9.34. The van der Waals surface area contributed by atoms with Crippen LogP contribution in [0.2, 0.25) is 0 Å². The highest BCUT2D eigenvalue weighted by Crippen LogP contribution is 2.16. The number of amides is 1. The molecule has 0 atom stereocenters. The lowest BCUT2D eigenvalue weighted by Crippen LogP contribution is -2.49. The van der Waals surface area contributed by atoms with Gasteiger partial charge in [-0.05, 0) is 25.0 Å². The third-order valence-corrected chi connectivity index (χ3v) is 3.95. The Labute approximate surface area is 127 Å². The van der Waals surface area contributed by atoms with Gasteiger partial charge >= 0.3 is 0 Å². The minimum absolute atomic E-state index is 0.299. The number of aryl methyl sites for hydroxylation is 1. The number of rotatable bonds is 6. The summed E-state index contributed by atoms with van der Waals surface area (Å²) in [5, 5.41) is 0. The number of hydrogen-bond donors (Lipinski definition) is 0. The van der Waals surface area contributed by atoms with Gasteiger partial charge < -0.3 is 9.64 Å². The number of hydrogen-bond acceptors (Lipinski definition) is 3. The molecule has 1 amide bonds. The molecule has 1 aromatic rings. The van der Waals surface area contributed by atoms with E-state index in [9.17, 15) is 4.79 Å². The average molecular weight is 290 g/mol. The zero-order valence-corrected chi connectivity index (χ0v) is 13.2. The maximum atomic E-state index is 11.8. The van der Waals surface area contributed by atoms with E-state index in [1.807, 2.05) is 23.1 Å². The van der Waals surface area contributed by atoms with Crippen LogP contribution in [0.3, 0.4) is 0 Å². The van der Waals surface area contributed by atoms with Crippen molar-refractivity contribution in [1.82, 2.24) is 9.80 Å². The van der Waals surface area contributed by atoms with Crippen molar-refractivity contribution in [2.24, 2.45) is 0 Å². The summed E-state index contributed by atoms with van der Waals surface area (Å²) in [5.41, 5.74) is 1.17. The number of nitrogens with zero attached hydrogens (tertiary/aromatic N) is 2. The molecule has 4 nitrogen and oxygen atoms in total. The quantitative estimate of drug-likeness (QED) is 0.806. The summed E-state index contributed by atoms with van der Waals surface area (Å²) in [4.78, 5) is 16.2. The van der Waals surface area contributed by atoms with Gasteiger partial charge in [0.1, 0.15) is 12.4 Å². The fourth-order valence-corrected chi connectivity index (χ4v) is 2.60. The number of carbonyl (C=O) groups excluding carboxylic acids is 1. The highest BCUT2D eigenvalue weighted by Gasteiger charge is 2.20. The van der Waals surface area contributed by atoms with Crippen LogP contribution in [-0.2, 0) is 4.79 Å². The van der Waals surface area contributed by atoms with Gasteiger partial charge in [0, 0.05) is 39.1 Å². The third kappa shape index (κ3) is 4.74. The van der Waals surface area contributed by atoms with Crippen molar-refractivity contribution in [2.45, 2.75) is 26.7 Å². The zero-order chi connectivity index (χ0) is 15.1. The molecule has 116 valence electrons. The number of benzene rings is 1. The smallest absolute Gasteiger partial charge is 0.222 e. The first-order chi connectivity index (χ1) is 10.2. The lowest BCUT2D eigenvalue weighted by molar-refractivity contribution is -0.133. The van der Waals surface area contributed by atoms with Crippen molar-refractivity contribution >= 4 is 5.91 Å². The fraction of sp³-hybridized carbons (Fsp3) is 0.588. The number of piperazine rings is 1. The summed E-state index contributed by atoms with van der Waals surface area (Å²) in [6.07, 6.45) is 1.61. The van der Waals surface area contributed by atoms with Crippen LogP contribution >= 0.6 is 0 Å². The maximum Gasteiger partial charge on any atom is 0.222 e. The van der Waals surface area contributed by atoms with Crippen molar-refractivity contribution in [3.05, 3.63) is 29.8 Å². The molecule has 0 radical (unpaired) electrons. The Morgan fingerprint density at radius 3 is 2.57 bits per heavy atom. The summed E-state index contributed by atoms with van der Waals surface area (Å²) >= 11 is 0. The number of carbonyl (C=O) groups is 1. The van der Waals surface area contributed by atoms with Gasteiger partial charge in [-0.3, -0.25) is 9.69 Å². The summed E-state index contributed by atoms with van der Waals surface area (Å²) < 4.78 is 5.83. The predicted octanol–water partition coefficient (Wildman–Crippen LogP) is 2.32. The van der Waals surface area contributed by atoms with Gasteiger partial charge in [-0.2, -0.15) is 0 Å². The van der Waals surface area contributed by atoms with Crippen LogP contribution in [0, 0.1) is 6.92 Å². The Balaban J connectivity index is 1.67. The van der Waals surface area contributed by atoms with Crippen LogP contribution in [0.5, 0.6) is 5.75 Å². The minimum Gasteiger partial charge on any atom is -0.492 e. The molecular weight excluding hydrogens is 264 g/mol. The van der Waals surface area contributed by atoms with E-state index in [1.165, 1.54) is 5.56 Å². The molecule has 1 aliphatic rings. The monoisotopic (exact) mass is 290 g/mol. The molecule has 1 saturated heterocycles. The van der Waals surface area contributed by atoms with E-state index in [2.05, 4.69) is 24.8 Å². The van der Waals surface area contributed by atoms with E-state index in [4.69, 9.17) is 4.74 Å². The first kappa shape index (κ1) is 15.8. The topological polar surface area (TPSA) is 32.8 Å². The molecule has 0 saturated carbocycles. The van der Waals surface area contributed by atoms with Crippen molar-refractivity contribution in [3.63, 3.8) is 0 Å². The molecule has 21 heavy (non-hydrogen) atoms. The molecule has 4 heteroatoms. The van der Waals surface area contributed by atoms with Crippen molar-refractivity contribution in [3.8, 4) is 5.75 Å². The maximum absolute atomic E-state index is 11.8. The molecule has 1 aromatic carbocycles. The largest absolute Gasteiger partial charge is 0.492 e. The fourth-order valence-electron chi connectivity index (χ4n) is 2.60. The Morgan fingerprint density at radius 2 is 1.90 bits per heavy atom. The van der Waals surface area contributed by atoms with Crippen molar-refractivity contribution < 1.29 is 9.53 Å². The minimum atomic E-state index is 0.299. The van der Waals surface area contributed by atoms with Gasteiger partial charge in [0.05, 0.1) is 0 Å². The van der Waals surface area contributed by atoms with Gasteiger partial charge in [-0.25, -0.2) is 0 Å². The Bertz CT molecular complexity index is 454. The van der Waals surface area contributed by atoms with Crippen LogP contribution in [0.15, 0.2) is 24.3 Å². The van der Waals surface area contributed by atoms with Crippen LogP contribution in [0.4, 0.5) is 0 Å². The normalized spacial score (nSPS) is 16.0. The third-order valence-electron chi connectivity index (χ3n) is 3.95. The molecule has 1 heterocycles. The molecule has 0 spiro atoms. The Morgan fingerprint density at radius 1 is 1.19 bits per heavy atom. The lowest BCUT2D eigenvalue weighted by atomic mass is 10.2. The van der Waals surface area contributed by atoms with E-state index in [1.54, 1.807) is 0 Å². The average Bonchev–Trinajstić information content (AvgIpc) is 2.50. The van der Waals surface area contributed by atoms with Gasteiger partial charge in [0.15, 0.2) is 0 Å². The van der Waals surface area contributed by atoms with Gasteiger partial charge in [-0.1, -0.05) is 25.1 Å². The van der Waals surface area contributed by atoms with E-state index < -0.39 is 0 Å². The highest BCUT2D eigenvalue weighted by atomic mass is 16.5. The van der Waals surface area contributed by atoms with Crippen LogP contribution in [-0.4, -0.2) is 55.0 Å². The van der Waals surface area contributed by atoms with Crippen LogP contribution < -0.4 is 4.74 Å². The standard InChI is InChI=1S/C17H26N2O2/c1-3-6-17(20)19-11-9-18(10-12-19)13-14-21-16-8-5-4-7-15(16)2/h4-5,7-8H,3,6,9-14H2,1-2H3. The molecule has 0 bridgehead atoms. The van der Waals surface area contributed by atoms with Gasteiger partial charge in [0.25, 0.3) is 0 Å². The van der Waals surface area contributed by atoms with Crippen LogP contribution in [0.25, 0.3) is 0 Å². The molecule has 0 N–H and O–H groups in total. The second kappa shape index (κ2) is 8.03. The predicted molar refractivity (Wildman–Crippen MR) is 84.6 cm³/mol. The van der Waals surface area contributed by atoms with Gasteiger partial charge in [0.2, 0.25) is 5.91 Å². The zero-order valence-electron chi connectivity index (χ0n) is 13.2. The van der Waals surface area contributed by atoms with Gasteiger partial charge in [-0.15, -0.1) is 0 Å². The second-order valence-corrected chi connectivity index (χ2v) is 5.59. The van der Waals surface area contributed by atoms with E-state index >= 15 is 0 Å². The van der Waals surface area contributed by atoms with E-state index in [-0.39, 0.29) is 0 Å². The molecule has 0 aliphatic carbocycles. The lowest BCUT2D eigenvalue weighted by Gasteiger charge is -2.34. The van der Waals surface area contributed by atoms with E-state index in [0.717, 1.165) is 44.9 Å². The summed E-state index contributed by atoms with van der Waals surface area (Å²) in [5.74, 6) is 1.27. The Kier molecular flexibility index (Phi) is 6.05. The number of para-hydroxylation sites is 1. The van der Waals surface area contributed by atoms with Crippen LogP contribution in [0.1, 0.15) is 25.3 Å². The first-order valence-electron chi connectivity index (χ1n) is 7.89. The number of ether oxygens (including phenoxy) is 1. The molecule has 0 aromatic heterocycles. The van der Waals surface area contributed by atoms with Crippen molar-refractivity contribution in [2.75, 3.05) is 39.3 Å². The molecule has 0 unspecified atom stereocenters. The highest BCUT2D eigenvalue weighted by molar-refractivity contribution is 5.76. The second-order valence-electron chi connectivity index (χ2n) is 5.59. The molecule has 1 aliphatic heterocycles. The summed E-state index contributed by atoms with van der Waals surface area (Å²) in [6, 6.07) is 8.10. The molecule has 2 rings (SSSR count). The summed E-state index contributed by atoms with van der Waals surface area (Å²) in [7, 11) is 0. The SMILES string of the molecule is CCCC(=O)N1CCN(CCOc2ccccc2C)CC1.